The molecule has 0 heterocycles. The van der Waals surface area contributed by atoms with Gasteiger partial charge in [0.05, 0.1) is 6.54 Å². The van der Waals surface area contributed by atoms with Crippen molar-refractivity contribution in [3.8, 4) is 0 Å². The minimum absolute atomic E-state index is 0.104. The van der Waals surface area contributed by atoms with Crippen LogP contribution in [0.15, 0.2) is 48.5 Å². The van der Waals surface area contributed by atoms with Crippen LogP contribution in [0.1, 0.15) is 19.4 Å². The summed E-state index contributed by atoms with van der Waals surface area (Å²) in [7, 11) is 0. The lowest BCUT2D eigenvalue weighted by Crippen LogP contribution is -2.29. The van der Waals surface area contributed by atoms with Gasteiger partial charge < -0.3 is 15.5 Å². The molecule has 0 radical (unpaired) electrons. The van der Waals surface area contributed by atoms with Crippen LogP contribution in [0.4, 0.5) is 15.8 Å². The van der Waals surface area contributed by atoms with E-state index in [4.69, 9.17) is 0 Å². The molecular weight excluding hydrogens is 305 g/mol. The summed E-state index contributed by atoms with van der Waals surface area (Å²) in [6.45, 7) is 6.78. The highest BCUT2D eigenvalue weighted by molar-refractivity contribution is 5.80. The Balaban J connectivity index is 1.78. The lowest BCUT2D eigenvalue weighted by molar-refractivity contribution is -0.119. The fraction of sp³-hybridized carbons (Fsp3) is 0.316. The van der Waals surface area contributed by atoms with Crippen LogP contribution in [-0.4, -0.2) is 25.5 Å². The van der Waals surface area contributed by atoms with Crippen LogP contribution in [0.5, 0.6) is 0 Å². The molecule has 2 rings (SSSR count). The molecule has 2 aromatic carbocycles. The van der Waals surface area contributed by atoms with E-state index < -0.39 is 0 Å². The van der Waals surface area contributed by atoms with E-state index in [0.29, 0.717) is 6.54 Å². The first-order valence-electron chi connectivity index (χ1n) is 8.22. The molecule has 0 atom stereocenters. The van der Waals surface area contributed by atoms with Crippen LogP contribution in [0, 0.1) is 5.82 Å². The van der Waals surface area contributed by atoms with Crippen molar-refractivity contribution in [2.24, 2.45) is 0 Å². The van der Waals surface area contributed by atoms with Gasteiger partial charge >= 0.3 is 0 Å². The van der Waals surface area contributed by atoms with Gasteiger partial charge in [-0.3, -0.25) is 4.79 Å². The third-order valence-electron chi connectivity index (χ3n) is 3.85. The molecule has 0 bridgehead atoms. The molecule has 0 aliphatic carbocycles. The number of nitrogens with zero attached hydrogens (tertiary/aromatic N) is 1. The van der Waals surface area contributed by atoms with Crippen molar-refractivity contribution in [2.45, 2.75) is 20.4 Å². The minimum Gasteiger partial charge on any atom is -0.376 e. The molecule has 1 amide bonds. The molecule has 2 N–H and O–H groups in total. The van der Waals surface area contributed by atoms with Crippen LogP contribution in [0.2, 0.25) is 0 Å². The molecule has 0 aliphatic rings. The van der Waals surface area contributed by atoms with Crippen molar-refractivity contribution in [3.05, 3.63) is 59.9 Å². The lowest BCUT2D eigenvalue weighted by Gasteiger charge is -2.21. The fourth-order valence-electron chi connectivity index (χ4n) is 2.43. The zero-order chi connectivity index (χ0) is 17.4. The first-order valence-corrected chi connectivity index (χ1v) is 8.22. The molecule has 24 heavy (non-hydrogen) atoms. The first-order chi connectivity index (χ1) is 11.6. The highest BCUT2D eigenvalue weighted by Crippen LogP contribution is 2.17. The summed E-state index contributed by atoms with van der Waals surface area (Å²) in [5, 5.41) is 5.91. The average Bonchev–Trinajstić information content (AvgIpc) is 2.61. The summed E-state index contributed by atoms with van der Waals surface area (Å²) >= 11 is 0. The summed E-state index contributed by atoms with van der Waals surface area (Å²) in [5.74, 6) is -0.382. The third-order valence-corrected chi connectivity index (χ3v) is 3.85. The Morgan fingerprint density at radius 3 is 2.21 bits per heavy atom. The second-order valence-electron chi connectivity index (χ2n) is 5.48. The quantitative estimate of drug-likeness (QED) is 0.780. The smallest absolute Gasteiger partial charge is 0.239 e. The highest BCUT2D eigenvalue weighted by atomic mass is 19.1. The predicted molar refractivity (Wildman–Crippen MR) is 96.7 cm³/mol. The summed E-state index contributed by atoms with van der Waals surface area (Å²) in [6.07, 6.45) is 0. The van der Waals surface area contributed by atoms with Gasteiger partial charge in [0.25, 0.3) is 0 Å². The molecule has 0 aliphatic heterocycles. The van der Waals surface area contributed by atoms with E-state index in [1.807, 2.05) is 24.3 Å². The zero-order valence-electron chi connectivity index (χ0n) is 14.2. The average molecular weight is 329 g/mol. The molecule has 0 spiro atoms. The number of halogens is 1. The van der Waals surface area contributed by atoms with Gasteiger partial charge in [-0.25, -0.2) is 4.39 Å². The Morgan fingerprint density at radius 2 is 1.62 bits per heavy atom. The van der Waals surface area contributed by atoms with Crippen molar-refractivity contribution in [1.82, 2.24) is 5.32 Å². The van der Waals surface area contributed by atoms with Gasteiger partial charge in [-0.1, -0.05) is 12.1 Å². The van der Waals surface area contributed by atoms with Gasteiger partial charge in [0.15, 0.2) is 0 Å². The number of benzene rings is 2. The molecule has 0 fully saturated rings. The van der Waals surface area contributed by atoms with Crippen molar-refractivity contribution in [3.63, 3.8) is 0 Å². The van der Waals surface area contributed by atoms with Gasteiger partial charge in [-0.05, 0) is 55.8 Å². The van der Waals surface area contributed by atoms with E-state index in [0.717, 1.165) is 24.3 Å². The standard InChI is InChI=1S/C19H24FN3O/c1-3-23(4-2)18-11-9-17(10-12-18)21-14-19(24)22-13-15-5-7-16(20)8-6-15/h5-12,21H,3-4,13-14H2,1-2H3,(H,22,24). The predicted octanol–water partition coefficient (Wildman–Crippen LogP) is 3.40. The summed E-state index contributed by atoms with van der Waals surface area (Å²) in [5.41, 5.74) is 2.95. The molecule has 0 aromatic heterocycles. The van der Waals surface area contributed by atoms with Crippen LogP contribution in [-0.2, 0) is 11.3 Å². The number of carbonyl (C=O) groups is 1. The lowest BCUT2D eigenvalue weighted by atomic mass is 10.2. The van der Waals surface area contributed by atoms with Gasteiger partial charge in [-0.15, -0.1) is 0 Å². The molecule has 0 unspecified atom stereocenters. The van der Waals surface area contributed by atoms with Gasteiger partial charge in [-0.2, -0.15) is 0 Å². The fourth-order valence-corrected chi connectivity index (χ4v) is 2.43. The van der Waals surface area contributed by atoms with E-state index in [-0.39, 0.29) is 18.3 Å². The van der Waals surface area contributed by atoms with Crippen molar-refractivity contribution in [2.75, 3.05) is 29.9 Å². The summed E-state index contributed by atoms with van der Waals surface area (Å²) in [6, 6.07) is 14.1. The van der Waals surface area contributed by atoms with Crippen LogP contribution in [0.25, 0.3) is 0 Å². The van der Waals surface area contributed by atoms with E-state index in [1.54, 1.807) is 12.1 Å². The number of nitrogens with one attached hydrogen (secondary N) is 2. The van der Waals surface area contributed by atoms with E-state index >= 15 is 0 Å². The number of anilines is 2. The Morgan fingerprint density at radius 1 is 1.00 bits per heavy atom. The maximum atomic E-state index is 12.8. The van der Waals surface area contributed by atoms with E-state index in [2.05, 4.69) is 29.4 Å². The second kappa shape index (κ2) is 8.91. The van der Waals surface area contributed by atoms with Gasteiger partial charge in [0, 0.05) is 31.0 Å². The Labute approximate surface area is 142 Å². The SMILES string of the molecule is CCN(CC)c1ccc(NCC(=O)NCc2ccc(F)cc2)cc1. The summed E-state index contributed by atoms with van der Waals surface area (Å²) < 4.78 is 12.8. The molecule has 128 valence electrons. The zero-order valence-corrected chi connectivity index (χ0v) is 14.2. The Kier molecular flexibility index (Phi) is 6.61. The molecule has 0 saturated carbocycles. The number of hydrogen-bond acceptors (Lipinski definition) is 3. The molecule has 5 heteroatoms. The Hall–Kier alpha value is -2.56. The number of hydrogen-bond donors (Lipinski definition) is 2. The van der Waals surface area contributed by atoms with Crippen molar-refractivity contribution < 1.29 is 9.18 Å². The largest absolute Gasteiger partial charge is 0.376 e. The highest BCUT2D eigenvalue weighted by Gasteiger charge is 2.04. The number of amides is 1. The Bertz CT molecular complexity index is 637. The minimum atomic E-state index is -0.278. The topological polar surface area (TPSA) is 44.4 Å². The van der Waals surface area contributed by atoms with E-state index in [1.165, 1.54) is 17.8 Å². The van der Waals surface area contributed by atoms with E-state index in [9.17, 15) is 9.18 Å². The number of carbonyl (C=O) groups excluding carboxylic acids is 1. The van der Waals surface area contributed by atoms with Gasteiger partial charge in [0.2, 0.25) is 5.91 Å². The molecule has 2 aromatic rings. The van der Waals surface area contributed by atoms with Crippen LogP contribution >= 0.6 is 0 Å². The van der Waals surface area contributed by atoms with Crippen LogP contribution in [0.3, 0.4) is 0 Å². The van der Waals surface area contributed by atoms with Crippen molar-refractivity contribution in [1.29, 1.82) is 0 Å². The van der Waals surface area contributed by atoms with Crippen LogP contribution < -0.4 is 15.5 Å². The van der Waals surface area contributed by atoms with Crippen molar-refractivity contribution >= 4 is 17.3 Å². The summed E-state index contributed by atoms with van der Waals surface area (Å²) in [4.78, 5) is 14.1. The first kappa shape index (κ1) is 17.8. The maximum absolute atomic E-state index is 12.8. The molecule has 4 nitrogen and oxygen atoms in total. The molecule has 0 saturated heterocycles. The maximum Gasteiger partial charge on any atom is 0.239 e. The third kappa shape index (κ3) is 5.26. The second-order valence-corrected chi connectivity index (χ2v) is 5.48. The number of rotatable bonds is 8. The van der Waals surface area contributed by atoms with Gasteiger partial charge in [0.1, 0.15) is 5.82 Å². The molecular formula is C19H24FN3O. The monoisotopic (exact) mass is 329 g/mol. The normalized spacial score (nSPS) is 10.3.